The Kier molecular flexibility index (Phi) is 5.32. The molecule has 1 N–H and O–H groups in total. The van der Waals surface area contributed by atoms with Crippen molar-refractivity contribution in [3.05, 3.63) is 53.6 Å². The Labute approximate surface area is 157 Å². The summed E-state index contributed by atoms with van der Waals surface area (Å²) in [6.07, 6.45) is -3.71. The first-order valence-corrected chi connectivity index (χ1v) is 8.22. The molecule has 0 bridgehead atoms. The summed E-state index contributed by atoms with van der Waals surface area (Å²) in [5.74, 6) is -1.16. The summed E-state index contributed by atoms with van der Waals surface area (Å²) >= 11 is 0. The number of methoxy groups -OCH3 is 1. The number of carbonyl (C=O) groups is 1. The second kappa shape index (κ2) is 7.55. The van der Waals surface area contributed by atoms with Crippen molar-refractivity contribution < 1.29 is 27.1 Å². The molecule has 0 unspecified atom stereocenters. The molecule has 0 fully saturated rings. The van der Waals surface area contributed by atoms with Crippen molar-refractivity contribution in [1.82, 2.24) is 19.9 Å². The molecule has 0 aliphatic carbocycles. The van der Waals surface area contributed by atoms with Gasteiger partial charge in [0.05, 0.1) is 18.5 Å². The first-order valence-electron chi connectivity index (χ1n) is 8.22. The van der Waals surface area contributed by atoms with E-state index >= 15 is 0 Å². The van der Waals surface area contributed by atoms with Gasteiger partial charge in [-0.2, -0.15) is 18.3 Å². The third-order valence-electron chi connectivity index (χ3n) is 3.94. The molecule has 2 heterocycles. The van der Waals surface area contributed by atoms with Crippen LogP contribution in [0, 0.1) is 5.82 Å². The van der Waals surface area contributed by atoms with Crippen molar-refractivity contribution in [2.45, 2.75) is 19.1 Å². The Morgan fingerprint density at radius 3 is 2.57 bits per heavy atom. The van der Waals surface area contributed by atoms with Crippen LogP contribution in [0.2, 0.25) is 0 Å². The lowest BCUT2D eigenvalue weighted by atomic mass is 10.1. The predicted molar refractivity (Wildman–Crippen MR) is 92.2 cm³/mol. The van der Waals surface area contributed by atoms with Gasteiger partial charge in [-0.15, -0.1) is 0 Å². The number of ether oxygens (including phenoxy) is 1. The molecule has 28 heavy (non-hydrogen) atoms. The Bertz CT molecular complexity index is 999. The van der Waals surface area contributed by atoms with E-state index in [0.29, 0.717) is 4.52 Å². The number of alkyl halides is 3. The summed E-state index contributed by atoms with van der Waals surface area (Å²) in [4.78, 5) is 16.6. The number of hydrogen-bond donors (Lipinski definition) is 1. The molecule has 1 aromatic carbocycles. The van der Waals surface area contributed by atoms with E-state index in [1.54, 1.807) is 6.92 Å². The number of fused-ring (bicyclic) bond motifs is 1. The van der Waals surface area contributed by atoms with Crippen LogP contribution in [-0.2, 0) is 10.9 Å². The Hall–Kier alpha value is -3.01. The minimum absolute atomic E-state index is 0.0562. The smallest absolute Gasteiger partial charge is 0.383 e. The summed E-state index contributed by atoms with van der Waals surface area (Å²) in [6.45, 7) is 1.92. The second-order valence-electron chi connectivity index (χ2n) is 6.15. The molecule has 3 aromatic rings. The summed E-state index contributed by atoms with van der Waals surface area (Å²) in [6, 6.07) is 5.30. The quantitative estimate of drug-likeness (QED) is 0.672. The SMILES string of the molecule is COC[C@H](C)NC(=O)c1cnn2c(C(F)(F)F)cc(-c3ccc(F)cc3)nc12. The van der Waals surface area contributed by atoms with Gasteiger partial charge in [-0.1, -0.05) is 0 Å². The fourth-order valence-corrected chi connectivity index (χ4v) is 2.69. The fourth-order valence-electron chi connectivity index (χ4n) is 2.69. The highest BCUT2D eigenvalue weighted by molar-refractivity contribution is 6.00. The van der Waals surface area contributed by atoms with E-state index in [1.807, 2.05) is 0 Å². The minimum atomic E-state index is -4.74. The first kappa shape index (κ1) is 19.7. The summed E-state index contributed by atoms with van der Waals surface area (Å²) in [5, 5.41) is 6.30. The standard InChI is InChI=1S/C18H16F4N4O2/c1-10(9-28-2)24-17(27)13-8-23-26-15(18(20,21)22)7-14(25-16(13)26)11-3-5-12(19)6-4-11/h3-8,10H,9H2,1-2H3,(H,24,27)/t10-/m0/s1. The highest BCUT2D eigenvalue weighted by Gasteiger charge is 2.36. The van der Waals surface area contributed by atoms with E-state index in [-0.39, 0.29) is 35.1 Å². The number of halogens is 4. The van der Waals surface area contributed by atoms with Gasteiger partial charge in [-0.3, -0.25) is 4.79 Å². The maximum atomic E-state index is 13.5. The molecule has 10 heteroatoms. The zero-order valence-electron chi connectivity index (χ0n) is 14.9. The van der Waals surface area contributed by atoms with E-state index in [0.717, 1.165) is 24.4 Å². The Morgan fingerprint density at radius 1 is 1.29 bits per heavy atom. The van der Waals surface area contributed by atoms with Gasteiger partial charge in [0.15, 0.2) is 11.3 Å². The Balaban J connectivity index is 2.14. The van der Waals surface area contributed by atoms with Gasteiger partial charge >= 0.3 is 6.18 Å². The summed E-state index contributed by atoms with van der Waals surface area (Å²) < 4.78 is 59.3. The van der Waals surface area contributed by atoms with E-state index in [1.165, 1.54) is 19.2 Å². The van der Waals surface area contributed by atoms with E-state index < -0.39 is 23.6 Å². The highest BCUT2D eigenvalue weighted by Crippen LogP contribution is 2.32. The number of benzene rings is 1. The van der Waals surface area contributed by atoms with Crippen LogP contribution in [0.5, 0.6) is 0 Å². The molecule has 3 rings (SSSR count). The third kappa shape index (κ3) is 3.96. The predicted octanol–water partition coefficient (Wildman–Crippen LogP) is 3.32. The molecular formula is C18H16F4N4O2. The third-order valence-corrected chi connectivity index (χ3v) is 3.94. The van der Waals surface area contributed by atoms with Crippen molar-refractivity contribution in [2.75, 3.05) is 13.7 Å². The molecule has 0 aliphatic rings. The molecule has 1 atom stereocenters. The van der Waals surface area contributed by atoms with Gasteiger partial charge in [0.25, 0.3) is 5.91 Å². The van der Waals surface area contributed by atoms with Crippen molar-refractivity contribution >= 4 is 11.6 Å². The summed E-state index contributed by atoms with van der Waals surface area (Å²) in [5.41, 5.74) is -1.25. The largest absolute Gasteiger partial charge is 0.433 e. The maximum Gasteiger partial charge on any atom is 0.433 e. The van der Waals surface area contributed by atoms with Crippen molar-refractivity contribution in [2.24, 2.45) is 0 Å². The molecule has 0 aliphatic heterocycles. The molecule has 0 saturated carbocycles. The molecule has 148 valence electrons. The molecule has 0 saturated heterocycles. The van der Waals surface area contributed by atoms with Crippen LogP contribution >= 0.6 is 0 Å². The average molecular weight is 396 g/mol. The van der Waals surface area contributed by atoms with Crippen molar-refractivity contribution in [1.29, 1.82) is 0 Å². The highest BCUT2D eigenvalue weighted by atomic mass is 19.4. The van der Waals surface area contributed by atoms with Crippen LogP contribution in [0.4, 0.5) is 17.6 Å². The number of aromatic nitrogens is 3. The van der Waals surface area contributed by atoms with E-state index in [2.05, 4.69) is 15.4 Å². The average Bonchev–Trinajstić information content (AvgIpc) is 3.04. The normalized spacial score (nSPS) is 12.9. The lowest BCUT2D eigenvalue weighted by molar-refractivity contribution is -0.142. The fraction of sp³-hybridized carbons (Fsp3) is 0.278. The Morgan fingerprint density at radius 2 is 1.96 bits per heavy atom. The van der Waals surface area contributed by atoms with Gasteiger partial charge in [0, 0.05) is 18.7 Å². The number of hydrogen-bond acceptors (Lipinski definition) is 4. The lowest BCUT2D eigenvalue weighted by Gasteiger charge is -2.13. The van der Waals surface area contributed by atoms with Crippen LogP contribution in [0.3, 0.4) is 0 Å². The van der Waals surface area contributed by atoms with Gasteiger partial charge in [-0.25, -0.2) is 13.9 Å². The first-order chi connectivity index (χ1) is 13.2. The number of nitrogens with one attached hydrogen (secondary N) is 1. The van der Waals surface area contributed by atoms with Gasteiger partial charge in [0.1, 0.15) is 11.4 Å². The van der Waals surface area contributed by atoms with Gasteiger partial charge in [-0.05, 0) is 37.3 Å². The van der Waals surface area contributed by atoms with Crippen LogP contribution in [0.1, 0.15) is 23.0 Å². The maximum absolute atomic E-state index is 13.5. The number of carbonyl (C=O) groups excluding carboxylic acids is 1. The molecular weight excluding hydrogens is 380 g/mol. The van der Waals surface area contributed by atoms with E-state index in [9.17, 15) is 22.4 Å². The summed E-state index contributed by atoms with van der Waals surface area (Å²) in [7, 11) is 1.46. The molecule has 6 nitrogen and oxygen atoms in total. The monoisotopic (exact) mass is 396 g/mol. The zero-order valence-corrected chi connectivity index (χ0v) is 14.9. The van der Waals surface area contributed by atoms with E-state index in [4.69, 9.17) is 4.74 Å². The van der Waals surface area contributed by atoms with Crippen molar-refractivity contribution in [3.63, 3.8) is 0 Å². The van der Waals surface area contributed by atoms with Gasteiger partial charge in [0.2, 0.25) is 0 Å². The topological polar surface area (TPSA) is 68.5 Å². The number of nitrogens with zero attached hydrogens (tertiary/aromatic N) is 3. The minimum Gasteiger partial charge on any atom is -0.383 e. The van der Waals surface area contributed by atoms with Crippen LogP contribution in [-0.4, -0.2) is 40.3 Å². The van der Waals surface area contributed by atoms with Crippen LogP contribution in [0.25, 0.3) is 16.9 Å². The number of amides is 1. The van der Waals surface area contributed by atoms with Gasteiger partial charge < -0.3 is 10.1 Å². The second-order valence-corrected chi connectivity index (χ2v) is 6.15. The van der Waals surface area contributed by atoms with Crippen LogP contribution < -0.4 is 5.32 Å². The lowest BCUT2D eigenvalue weighted by Crippen LogP contribution is -2.35. The molecule has 2 aromatic heterocycles. The zero-order chi connectivity index (χ0) is 20.5. The van der Waals surface area contributed by atoms with Crippen LogP contribution in [0.15, 0.2) is 36.5 Å². The van der Waals surface area contributed by atoms with Crippen molar-refractivity contribution in [3.8, 4) is 11.3 Å². The molecule has 1 amide bonds. The molecule has 0 radical (unpaired) electrons. The number of rotatable bonds is 5. The molecule has 0 spiro atoms.